The van der Waals surface area contributed by atoms with E-state index >= 15 is 0 Å². The van der Waals surface area contributed by atoms with Crippen LogP contribution in [-0.4, -0.2) is 26.4 Å². The molecule has 0 atom stereocenters. The van der Waals surface area contributed by atoms with Crippen molar-refractivity contribution < 1.29 is 4.79 Å². The van der Waals surface area contributed by atoms with E-state index in [0.29, 0.717) is 10.6 Å². The van der Waals surface area contributed by atoms with Crippen LogP contribution < -0.4 is 5.32 Å². The number of amides is 1. The summed E-state index contributed by atoms with van der Waals surface area (Å²) in [4.78, 5) is 15.5. The van der Waals surface area contributed by atoms with E-state index in [4.69, 9.17) is 0 Å². The number of aromatic nitrogens is 3. The summed E-state index contributed by atoms with van der Waals surface area (Å²) in [5.41, 5.74) is 2.91. The molecule has 180 valence electrons. The molecule has 0 saturated heterocycles. The van der Waals surface area contributed by atoms with E-state index in [9.17, 15) is 10.1 Å². The number of aryl methyl sites for hydroxylation is 2. The average molecular weight is 514 g/mol. The molecule has 34 heavy (non-hydrogen) atoms. The molecule has 3 aromatic rings. The normalized spacial score (nSPS) is 13.7. The van der Waals surface area contributed by atoms with E-state index in [1.165, 1.54) is 34.4 Å². The maximum Gasteiger partial charge on any atom is 0.235 e. The van der Waals surface area contributed by atoms with Gasteiger partial charge in [0.2, 0.25) is 5.91 Å². The van der Waals surface area contributed by atoms with Gasteiger partial charge < -0.3 is 9.88 Å². The van der Waals surface area contributed by atoms with E-state index in [2.05, 4.69) is 51.4 Å². The number of carbonyl (C=O) groups is 1. The third-order valence-electron chi connectivity index (χ3n) is 5.94. The lowest BCUT2D eigenvalue weighted by atomic mass is 9.97. The fourth-order valence-corrected chi connectivity index (χ4v) is 7.32. The van der Waals surface area contributed by atoms with Gasteiger partial charge in [0.15, 0.2) is 11.0 Å². The number of anilines is 1. The third kappa shape index (κ3) is 5.73. The minimum absolute atomic E-state index is 0.107. The fraction of sp³-hybridized carbons (Fsp3) is 0.520. The van der Waals surface area contributed by atoms with Crippen LogP contribution in [0.5, 0.6) is 0 Å². The summed E-state index contributed by atoms with van der Waals surface area (Å²) in [5.74, 6) is 0.997. The molecule has 0 bridgehead atoms. The molecule has 4 rings (SSSR count). The monoisotopic (exact) mass is 513 g/mol. The largest absolute Gasteiger partial charge is 0.316 e. The smallest absolute Gasteiger partial charge is 0.235 e. The Kier molecular flexibility index (Phi) is 8.81. The van der Waals surface area contributed by atoms with Crippen molar-refractivity contribution in [2.24, 2.45) is 0 Å². The Morgan fingerprint density at radius 3 is 2.79 bits per heavy atom. The number of fused-ring (bicyclic) bond motifs is 1. The molecule has 0 aliphatic heterocycles. The Bertz CT molecular complexity index is 1170. The molecule has 0 aromatic carbocycles. The lowest BCUT2D eigenvalue weighted by Gasteiger charge is -2.09. The molecule has 1 N–H and O–H groups in total. The van der Waals surface area contributed by atoms with Crippen LogP contribution in [0.2, 0.25) is 0 Å². The van der Waals surface area contributed by atoms with Crippen LogP contribution in [0.3, 0.4) is 0 Å². The van der Waals surface area contributed by atoms with Gasteiger partial charge in [0, 0.05) is 27.2 Å². The number of nitrogens with one attached hydrogen (secondary N) is 1. The van der Waals surface area contributed by atoms with Crippen LogP contribution in [0.15, 0.2) is 16.6 Å². The molecule has 0 spiro atoms. The molecule has 0 unspecified atom stereocenters. The molecule has 0 radical (unpaired) electrons. The Labute approximate surface area is 213 Å². The summed E-state index contributed by atoms with van der Waals surface area (Å²) in [6.07, 6.45) is 9.82. The molecular formula is C25H31N5OS3. The number of nitrogens with zero attached hydrogens (tertiary/aromatic N) is 4. The second kappa shape index (κ2) is 12.0. The van der Waals surface area contributed by atoms with Gasteiger partial charge in [0.25, 0.3) is 0 Å². The van der Waals surface area contributed by atoms with Crippen molar-refractivity contribution >= 4 is 45.3 Å². The van der Waals surface area contributed by atoms with E-state index in [1.807, 2.05) is 0 Å². The topological polar surface area (TPSA) is 83.6 Å². The number of hydrogen-bond acceptors (Lipinski definition) is 7. The minimum Gasteiger partial charge on any atom is -0.316 e. The average Bonchev–Trinajstić information content (AvgIpc) is 3.51. The van der Waals surface area contributed by atoms with Crippen molar-refractivity contribution in [1.82, 2.24) is 14.8 Å². The number of hydrogen-bond donors (Lipinski definition) is 1. The molecule has 0 fully saturated rings. The van der Waals surface area contributed by atoms with Crippen molar-refractivity contribution in [2.75, 3.05) is 11.1 Å². The standard InChI is InChI=1S/C25H31N5OS3/c1-3-9-18-13-17(15-32-18)23-28-29-25(30(23)12-4-2)33-16-22(31)27-24-20(14-26)19-10-7-5-6-8-11-21(19)34-24/h13,15H,3-12,16H2,1-2H3,(H,27,31). The predicted octanol–water partition coefficient (Wildman–Crippen LogP) is 6.69. The number of carbonyl (C=O) groups excluding carboxylic acids is 1. The van der Waals surface area contributed by atoms with Crippen molar-refractivity contribution in [1.29, 1.82) is 5.26 Å². The van der Waals surface area contributed by atoms with Crippen molar-refractivity contribution in [2.45, 2.75) is 83.3 Å². The first-order valence-electron chi connectivity index (χ1n) is 12.1. The maximum atomic E-state index is 12.8. The van der Waals surface area contributed by atoms with Gasteiger partial charge >= 0.3 is 0 Å². The van der Waals surface area contributed by atoms with Gasteiger partial charge in [-0.15, -0.1) is 32.9 Å². The summed E-state index contributed by atoms with van der Waals surface area (Å²) >= 11 is 4.75. The van der Waals surface area contributed by atoms with Crippen molar-refractivity contribution in [3.05, 3.63) is 32.3 Å². The molecule has 1 amide bonds. The summed E-state index contributed by atoms with van der Waals surface area (Å²) in [5, 5.41) is 25.3. The molecule has 3 heterocycles. The summed E-state index contributed by atoms with van der Waals surface area (Å²) in [6, 6.07) is 4.56. The second-order valence-electron chi connectivity index (χ2n) is 8.58. The first-order valence-corrected chi connectivity index (χ1v) is 14.8. The van der Waals surface area contributed by atoms with Gasteiger partial charge in [-0.2, -0.15) is 5.26 Å². The molecule has 9 heteroatoms. The van der Waals surface area contributed by atoms with Gasteiger partial charge in [-0.05, 0) is 50.2 Å². The first-order chi connectivity index (χ1) is 16.6. The Morgan fingerprint density at radius 1 is 1.21 bits per heavy atom. The highest BCUT2D eigenvalue weighted by molar-refractivity contribution is 7.99. The van der Waals surface area contributed by atoms with E-state index in [1.54, 1.807) is 22.7 Å². The Hall–Kier alpha value is -2.15. The van der Waals surface area contributed by atoms with Crippen LogP contribution in [0, 0.1) is 11.3 Å². The molecular weight excluding hydrogens is 483 g/mol. The molecule has 3 aromatic heterocycles. The summed E-state index contributed by atoms with van der Waals surface area (Å²) in [6.45, 7) is 5.13. The van der Waals surface area contributed by atoms with Gasteiger partial charge in [0.1, 0.15) is 11.1 Å². The van der Waals surface area contributed by atoms with Gasteiger partial charge in [-0.25, -0.2) is 0 Å². The molecule has 0 saturated carbocycles. The van der Waals surface area contributed by atoms with Crippen LogP contribution in [-0.2, 0) is 30.6 Å². The quantitative estimate of drug-likeness (QED) is 0.322. The molecule has 1 aliphatic rings. The number of thiophene rings is 2. The molecule has 6 nitrogen and oxygen atoms in total. The highest BCUT2D eigenvalue weighted by Gasteiger charge is 2.21. The highest BCUT2D eigenvalue weighted by atomic mass is 32.2. The number of rotatable bonds is 9. The zero-order chi connectivity index (χ0) is 23.9. The SMILES string of the molecule is CCCc1cc(-c2nnc(SCC(=O)Nc3sc4c(c3C#N)CCCCCC4)n2CCC)cs1. The molecule has 1 aliphatic carbocycles. The Balaban J connectivity index is 1.45. The summed E-state index contributed by atoms with van der Waals surface area (Å²) < 4.78 is 2.12. The highest BCUT2D eigenvalue weighted by Crippen LogP contribution is 2.37. The first kappa shape index (κ1) is 25.0. The van der Waals surface area contributed by atoms with E-state index in [-0.39, 0.29) is 11.7 Å². The lowest BCUT2D eigenvalue weighted by molar-refractivity contribution is -0.113. The summed E-state index contributed by atoms with van der Waals surface area (Å²) in [7, 11) is 0. The third-order valence-corrected chi connectivity index (χ3v) is 9.11. The Morgan fingerprint density at radius 2 is 2.03 bits per heavy atom. The number of nitriles is 1. The van der Waals surface area contributed by atoms with Crippen molar-refractivity contribution in [3.8, 4) is 17.5 Å². The van der Waals surface area contributed by atoms with Crippen LogP contribution in [0.25, 0.3) is 11.4 Å². The van der Waals surface area contributed by atoms with E-state index < -0.39 is 0 Å². The minimum atomic E-state index is -0.107. The maximum absolute atomic E-state index is 12.8. The van der Waals surface area contributed by atoms with Gasteiger partial charge in [-0.1, -0.05) is 44.9 Å². The zero-order valence-electron chi connectivity index (χ0n) is 19.9. The lowest BCUT2D eigenvalue weighted by Crippen LogP contribution is -2.14. The van der Waals surface area contributed by atoms with Crippen LogP contribution in [0.4, 0.5) is 5.00 Å². The fourth-order valence-electron chi connectivity index (χ4n) is 4.33. The van der Waals surface area contributed by atoms with Gasteiger partial charge in [-0.3, -0.25) is 4.79 Å². The second-order valence-corrected chi connectivity index (χ2v) is 11.6. The number of thioether (sulfide) groups is 1. The van der Waals surface area contributed by atoms with E-state index in [0.717, 1.165) is 73.6 Å². The van der Waals surface area contributed by atoms with Crippen LogP contribution >= 0.6 is 34.4 Å². The van der Waals surface area contributed by atoms with Crippen LogP contribution in [0.1, 0.15) is 73.3 Å². The van der Waals surface area contributed by atoms with Gasteiger partial charge in [0.05, 0.1) is 11.3 Å². The zero-order valence-corrected chi connectivity index (χ0v) is 22.3. The van der Waals surface area contributed by atoms with Crippen molar-refractivity contribution in [3.63, 3.8) is 0 Å². The predicted molar refractivity (Wildman–Crippen MR) is 142 cm³/mol.